The molecule has 65 heavy (non-hydrogen) atoms. The second kappa shape index (κ2) is 52.9. The predicted molar refractivity (Wildman–Crippen MR) is 279 cm³/mol. The summed E-state index contributed by atoms with van der Waals surface area (Å²) >= 11 is 0. The van der Waals surface area contributed by atoms with Gasteiger partial charge >= 0.3 is 17.9 Å². The van der Waals surface area contributed by atoms with Gasteiger partial charge in [-0.3, -0.25) is 14.4 Å². The van der Waals surface area contributed by atoms with Gasteiger partial charge in [0.25, 0.3) is 0 Å². The maximum absolute atomic E-state index is 12.8. The number of hydrogen-bond acceptors (Lipinski definition) is 6. The Morgan fingerprint density at radius 2 is 0.600 bits per heavy atom. The van der Waals surface area contributed by atoms with Gasteiger partial charge in [-0.25, -0.2) is 0 Å². The molecule has 0 aliphatic carbocycles. The smallest absolute Gasteiger partial charge is 0.306 e. The highest BCUT2D eigenvalue weighted by Gasteiger charge is 2.19. The van der Waals surface area contributed by atoms with Gasteiger partial charge in [-0.05, 0) is 122 Å². The van der Waals surface area contributed by atoms with Gasteiger partial charge in [-0.1, -0.05) is 195 Å². The van der Waals surface area contributed by atoms with Crippen LogP contribution >= 0.6 is 0 Å². The number of rotatable bonds is 47. The largest absolute Gasteiger partial charge is 0.462 e. The van der Waals surface area contributed by atoms with Crippen LogP contribution in [0.3, 0.4) is 0 Å². The minimum Gasteiger partial charge on any atom is -0.462 e. The Labute approximate surface area is 400 Å². The zero-order valence-electron chi connectivity index (χ0n) is 42.2. The molecular formula is C59H98O6. The van der Waals surface area contributed by atoms with E-state index in [1.165, 1.54) is 89.9 Å². The topological polar surface area (TPSA) is 78.9 Å². The van der Waals surface area contributed by atoms with Crippen molar-refractivity contribution in [3.8, 4) is 0 Å². The quantitative estimate of drug-likeness (QED) is 0.0262. The Kier molecular flexibility index (Phi) is 50.0. The van der Waals surface area contributed by atoms with Gasteiger partial charge in [0, 0.05) is 19.3 Å². The molecule has 0 rings (SSSR count). The fraction of sp³-hybridized carbons (Fsp3) is 0.678. The van der Waals surface area contributed by atoms with Crippen LogP contribution in [0.15, 0.2) is 97.2 Å². The number of ether oxygens (including phenoxy) is 3. The first-order valence-electron chi connectivity index (χ1n) is 26.7. The molecule has 0 amide bonds. The van der Waals surface area contributed by atoms with Gasteiger partial charge in [0.1, 0.15) is 13.2 Å². The molecule has 0 spiro atoms. The molecule has 0 aromatic heterocycles. The minimum absolute atomic E-state index is 0.105. The molecule has 0 saturated heterocycles. The molecule has 0 aromatic carbocycles. The Morgan fingerprint density at radius 1 is 0.323 bits per heavy atom. The summed E-state index contributed by atoms with van der Waals surface area (Å²) in [4.78, 5) is 38.0. The summed E-state index contributed by atoms with van der Waals surface area (Å²) < 4.78 is 16.8. The normalized spacial score (nSPS) is 12.8. The van der Waals surface area contributed by atoms with E-state index in [9.17, 15) is 14.4 Å². The third-order valence-corrected chi connectivity index (χ3v) is 11.0. The van der Waals surface area contributed by atoms with Crippen LogP contribution in [0.5, 0.6) is 0 Å². The number of hydrogen-bond donors (Lipinski definition) is 0. The highest BCUT2D eigenvalue weighted by molar-refractivity contribution is 5.71. The first-order valence-corrected chi connectivity index (χ1v) is 26.7. The third-order valence-electron chi connectivity index (χ3n) is 11.0. The number of esters is 3. The standard InChI is InChI=1S/C59H98O6/c1-4-7-10-13-16-19-22-25-28-29-32-34-37-40-43-46-49-52-58(61)64-55-56(65-59(62)53-50-47-44-41-38-35-31-27-24-21-18-15-12-9-6-3)54-63-57(60)51-48-45-42-39-36-33-30-26-23-20-17-14-11-8-5-2/h9,12,16,18-21,23,25,27-28,31-32,34,38,41,56H,4-8,10-11,13-15,17,22,24,26,29-30,33,35-37,39-40,42-55H2,1-3H3/b12-9-,19-16-,21-18-,23-20-,28-25-,31-27-,34-32-,41-38-/t56-/m0/s1. The highest BCUT2D eigenvalue weighted by Crippen LogP contribution is 2.13. The lowest BCUT2D eigenvalue weighted by molar-refractivity contribution is -0.167. The van der Waals surface area contributed by atoms with Gasteiger partial charge < -0.3 is 14.2 Å². The molecular weight excluding hydrogens is 805 g/mol. The van der Waals surface area contributed by atoms with Gasteiger partial charge in [-0.2, -0.15) is 0 Å². The molecule has 0 aliphatic rings. The van der Waals surface area contributed by atoms with Crippen LogP contribution in [-0.4, -0.2) is 37.2 Å². The minimum atomic E-state index is -0.811. The first kappa shape index (κ1) is 61.3. The zero-order valence-corrected chi connectivity index (χ0v) is 42.2. The number of carbonyl (C=O) groups excluding carboxylic acids is 3. The summed E-state index contributed by atoms with van der Waals surface area (Å²) in [6.45, 7) is 6.42. The van der Waals surface area contributed by atoms with E-state index in [0.717, 1.165) is 103 Å². The molecule has 0 unspecified atom stereocenters. The molecule has 6 heteroatoms. The Bertz CT molecular complexity index is 1310. The molecule has 1 atom stereocenters. The van der Waals surface area contributed by atoms with Crippen molar-refractivity contribution in [3.63, 3.8) is 0 Å². The Hall–Kier alpha value is -3.67. The summed E-state index contributed by atoms with van der Waals surface area (Å²) in [7, 11) is 0. The fourth-order valence-corrected chi connectivity index (χ4v) is 7.02. The van der Waals surface area contributed by atoms with Crippen LogP contribution in [0, 0.1) is 0 Å². The van der Waals surface area contributed by atoms with Crippen molar-refractivity contribution in [1.82, 2.24) is 0 Å². The van der Waals surface area contributed by atoms with Gasteiger partial charge in [0.05, 0.1) is 0 Å². The summed E-state index contributed by atoms with van der Waals surface area (Å²) in [5.74, 6) is -0.975. The lowest BCUT2D eigenvalue weighted by Gasteiger charge is -2.18. The molecule has 0 fully saturated rings. The van der Waals surface area contributed by atoms with Gasteiger partial charge in [-0.15, -0.1) is 0 Å². The summed E-state index contributed by atoms with van der Waals surface area (Å²) in [6.07, 6.45) is 69.6. The van der Waals surface area contributed by atoms with Gasteiger partial charge in [0.2, 0.25) is 0 Å². The second-order valence-electron chi connectivity index (χ2n) is 17.4. The van der Waals surface area contributed by atoms with Crippen molar-refractivity contribution in [2.45, 2.75) is 245 Å². The Balaban J connectivity index is 4.50. The molecule has 0 N–H and O–H groups in total. The Morgan fingerprint density at radius 3 is 1.02 bits per heavy atom. The predicted octanol–water partition coefficient (Wildman–Crippen LogP) is 17.8. The van der Waals surface area contributed by atoms with Crippen LogP contribution in [-0.2, 0) is 28.6 Å². The van der Waals surface area contributed by atoms with E-state index in [1.807, 2.05) is 0 Å². The number of unbranched alkanes of at least 4 members (excludes halogenated alkanes) is 20. The van der Waals surface area contributed by atoms with Crippen molar-refractivity contribution >= 4 is 17.9 Å². The number of carbonyl (C=O) groups is 3. The molecule has 0 aliphatic heterocycles. The molecule has 6 nitrogen and oxygen atoms in total. The van der Waals surface area contributed by atoms with Crippen molar-refractivity contribution in [3.05, 3.63) is 97.2 Å². The van der Waals surface area contributed by atoms with Crippen LogP contribution in [0.25, 0.3) is 0 Å². The molecule has 370 valence electrons. The van der Waals surface area contributed by atoms with Crippen molar-refractivity contribution < 1.29 is 28.6 Å². The lowest BCUT2D eigenvalue weighted by atomic mass is 10.1. The highest BCUT2D eigenvalue weighted by atomic mass is 16.6. The van der Waals surface area contributed by atoms with Gasteiger partial charge in [0.15, 0.2) is 6.10 Å². The summed E-state index contributed by atoms with van der Waals surface area (Å²) in [5.41, 5.74) is 0. The molecule has 0 bridgehead atoms. The zero-order chi connectivity index (χ0) is 47.2. The van der Waals surface area contributed by atoms with Crippen LogP contribution in [0.1, 0.15) is 239 Å². The SMILES string of the molecule is CC/C=C\C/C=C\C/C=C\C/C=C\CCCCC(=O)O[C@H](COC(=O)CCCCCC/C=C\C/C=C\C/C=C\CCCCC)COC(=O)CCCCCCCCC/C=C\CCCCCC. The number of allylic oxidation sites excluding steroid dienone is 16. The van der Waals surface area contributed by atoms with Crippen molar-refractivity contribution in [2.75, 3.05) is 13.2 Å². The van der Waals surface area contributed by atoms with E-state index in [1.54, 1.807) is 0 Å². The summed E-state index contributed by atoms with van der Waals surface area (Å²) in [6, 6.07) is 0. The van der Waals surface area contributed by atoms with E-state index in [-0.39, 0.29) is 37.5 Å². The van der Waals surface area contributed by atoms with E-state index in [4.69, 9.17) is 14.2 Å². The lowest BCUT2D eigenvalue weighted by Crippen LogP contribution is -2.30. The van der Waals surface area contributed by atoms with Crippen molar-refractivity contribution in [2.24, 2.45) is 0 Å². The maximum Gasteiger partial charge on any atom is 0.306 e. The van der Waals surface area contributed by atoms with E-state index in [2.05, 4.69) is 118 Å². The third kappa shape index (κ3) is 51.2. The van der Waals surface area contributed by atoms with Crippen LogP contribution in [0.4, 0.5) is 0 Å². The first-order chi connectivity index (χ1) is 32.0. The van der Waals surface area contributed by atoms with E-state index in [0.29, 0.717) is 19.3 Å². The molecule has 0 radical (unpaired) electrons. The van der Waals surface area contributed by atoms with Crippen molar-refractivity contribution in [1.29, 1.82) is 0 Å². The van der Waals surface area contributed by atoms with Crippen LogP contribution in [0.2, 0.25) is 0 Å². The summed E-state index contributed by atoms with van der Waals surface area (Å²) in [5, 5.41) is 0. The molecule has 0 aromatic rings. The monoisotopic (exact) mass is 903 g/mol. The second-order valence-corrected chi connectivity index (χ2v) is 17.4. The average Bonchev–Trinajstić information content (AvgIpc) is 3.30. The molecule has 0 heterocycles. The van der Waals surface area contributed by atoms with E-state index >= 15 is 0 Å². The average molecular weight is 903 g/mol. The van der Waals surface area contributed by atoms with Crippen LogP contribution < -0.4 is 0 Å². The van der Waals surface area contributed by atoms with E-state index < -0.39 is 6.10 Å². The molecule has 0 saturated carbocycles. The fourth-order valence-electron chi connectivity index (χ4n) is 7.02. The maximum atomic E-state index is 12.8.